The molecule has 0 heterocycles. The van der Waals surface area contributed by atoms with Gasteiger partial charge in [-0.3, -0.25) is 13.8 Å². The number of unbranched alkanes of at least 4 members (excludes halogenated alkanes) is 60. The van der Waals surface area contributed by atoms with Crippen LogP contribution in [-0.2, 0) is 18.4 Å². The van der Waals surface area contributed by atoms with E-state index in [0.717, 1.165) is 38.5 Å². The van der Waals surface area contributed by atoms with Crippen molar-refractivity contribution in [2.45, 2.75) is 443 Å². The molecule has 0 aromatic carbocycles. The first-order valence-electron chi connectivity index (χ1n) is 40.9. The van der Waals surface area contributed by atoms with Gasteiger partial charge in [0.15, 0.2) is 0 Å². The quantitative estimate of drug-likeness (QED) is 0.0243. The molecule has 0 radical (unpaired) electrons. The van der Waals surface area contributed by atoms with E-state index in [1.165, 1.54) is 372 Å². The molecule has 1 amide bonds. The number of carbonyl (C=O) groups excluding carboxylic acids is 1. The van der Waals surface area contributed by atoms with Gasteiger partial charge in [0, 0.05) is 6.42 Å². The Balaban J connectivity index is 3.92. The van der Waals surface area contributed by atoms with Crippen LogP contribution < -0.4 is 5.32 Å². The van der Waals surface area contributed by atoms with E-state index in [-0.39, 0.29) is 19.1 Å². The summed E-state index contributed by atoms with van der Waals surface area (Å²) in [5.74, 6) is -0.177. The van der Waals surface area contributed by atoms with Crippen LogP contribution in [0.2, 0.25) is 0 Å². The third-order valence-electron chi connectivity index (χ3n) is 19.1. The number of carbonyl (C=O) groups is 1. The topological polar surface area (TPSA) is 105 Å². The summed E-state index contributed by atoms with van der Waals surface area (Å²) in [5.41, 5.74) is 0. The number of aliphatic hydroxyl groups excluding tert-OH is 1. The predicted octanol–water partition coefficient (Wildman–Crippen LogP) is 26.7. The van der Waals surface area contributed by atoms with Gasteiger partial charge in [-0.25, -0.2) is 4.57 Å². The molecule has 0 aromatic heterocycles. The lowest BCUT2D eigenvalue weighted by Crippen LogP contribution is -2.45. The van der Waals surface area contributed by atoms with Gasteiger partial charge in [0.25, 0.3) is 0 Å². The van der Waals surface area contributed by atoms with Crippen LogP contribution in [0.15, 0.2) is 36.5 Å². The Bertz CT molecular complexity index is 1580. The van der Waals surface area contributed by atoms with E-state index >= 15 is 0 Å². The van der Waals surface area contributed by atoms with E-state index < -0.39 is 20.0 Å². The van der Waals surface area contributed by atoms with Crippen molar-refractivity contribution in [1.29, 1.82) is 0 Å². The Morgan fingerprint density at radius 3 is 0.879 bits per heavy atom. The van der Waals surface area contributed by atoms with Crippen molar-refractivity contribution in [3.63, 3.8) is 0 Å². The minimum absolute atomic E-state index is 0.0586. The number of hydrogen-bond acceptors (Lipinski definition) is 5. The standard InChI is InChI=1S/C82H161N2O6P/c1-6-8-10-12-14-16-18-20-22-24-26-28-30-32-34-36-37-38-39-40-41-42-43-44-45-46-47-48-50-52-54-56-58-60-62-64-66-68-70-72-74-76-82(86)83-80(79-90-91(87,88)89-78-77-84(3,4)5)81(85)75-73-71-69-67-65-63-61-59-57-55-53-51-49-35-33-31-29-27-25-23-21-19-17-15-13-11-9-7-2/h24,26,65,67,73,75,80-81,85H,6-23,25,27-64,66,68-72,74,76-79H2,1-5H3,(H-,83,86,87,88)/p+1/b26-24-,67-65+,75-73+. The summed E-state index contributed by atoms with van der Waals surface area (Å²) in [5, 5.41) is 14.0. The highest BCUT2D eigenvalue weighted by Crippen LogP contribution is 2.43. The maximum Gasteiger partial charge on any atom is 0.472 e. The number of likely N-dealkylation sites (N-methyl/N-ethyl adjacent to an activating group) is 1. The van der Waals surface area contributed by atoms with E-state index in [0.29, 0.717) is 17.4 Å². The number of hydrogen-bond donors (Lipinski definition) is 3. The van der Waals surface area contributed by atoms with Crippen molar-refractivity contribution >= 4 is 13.7 Å². The first-order valence-corrected chi connectivity index (χ1v) is 42.4. The molecule has 91 heavy (non-hydrogen) atoms. The summed E-state index contributed by atoms with van der Waals surface area (Å²) < 4.78 is 23.9. The van der Waals surface area contributed by atoms with Crippen LogP contribution in [0.1, 0.15) is 431 Å². The van der Waals surface area contributed by atoms with Gasteiger partial charge in [0.1, 0.15) is 13.2 Å². The fraction of sp³-hybridized carbons (Fsp3) is 0.915. The molecule has 0 aliphatic heterocycles. The maximum atomic E-state index is 13.1. The highest BCUT2D eigenvalue weighted by atomic mass is 31.2. The molecule has 3 unspecified atom stereocenters. The number of allylic oxidation sites excluding steroid dienone is 5. The molecule has 8 nitrogen and oxygen atoms in total. The van der Waals surface area contributed by atoms with Gasteiger partial charge in [-0.2, -0.15) is 0 Å². The van der Waals surface area contributed by atoms with Gasteiger partial charge >= 0.3 is 7.82 Å². The Labute approximate surface area is 569 Å². The van der Waals surface area contributed by atoms with E-state index in [1.807, 2.05) is 27.2 Å². The molecule has 0 fully saturated rings. The fourth-order valence-corrected chi connectivity index (χ4v) is 13.5. The number of aliphatic hydroxyl groups is 1. The molecule has 3 atom stereocenters. The molecular formula is C82H162N2O6P+. The monoisotopic (exact) mass is 1300 g/mol. The van der Waals surface area contributed by atoms with Crippen molar-refractivity contribution < 1.29 is 32.9 Å². The van der Waals surface area contributed by atoms with Crippen LogP contribution in [0.5, 0.6) is 0 Å². The van der Waals surface area contributed by atoms with Crippen LogP contribution >= 0.6 is 7.82 Å². The van der Waals surface area contributed by atoms with Crippen molar-refractivity contribution in [2.24, 2.45) is 0 Å². The van der Waals surface area contributed by atoms with Crippen molar-refractivity contribution in [3.05, 3.63) is 36.5 Å². The van der Waals surface area contributed by atoms with Crippen LogP contribution in [0.4, 0.5) is 0 Å². The molecule has 0 rings (SSSR count). The lowest BCUT2D eigenvalue weighted by atomic mass is 10.0. The largest absolute Gasteiger partial charge is 0.472 e. The number of rotatable bonds is 77. The molecular weight excluding hydrogens is 1140 g/mol. The van der Waals surface area contributed by atoms with Crippen molar-refractivity contribution in [2.75, 3.05) is 40.9 Å². The number of nitrogens with zero attached hydrogens (tertiary/aromatic N) is 1. The van der Waals surface area contributed by atoms with Crippen LogP contribution in [0, 0.1) is 0 Å². The molecule has 540 valence electrons. The van der Waals surface area contributed by atoms with Crippen LogP contribution in [0.3, 0.4) is 0 Å². The van der Waals surface area contributed by atoms with Crippen LogP contribution in [-0.4, -0.2) is 73.4 Å². The zero-order chi connectivity index (χ0) is 66.2. The van der Waals surface area contributed by atoms with E-state index in [4.69, 9.17) is 9.05 Å². The number of nitrogens with one attached hydrogen (secondary N) is 1. The van der Waals surface area contributed by atoms with Gasteiger partial charge < -0.3 is 19.8 Å². The molecule has 0 saturated heterocycles. The summed E-state index contributed by atoms with van der Waals surface area (Å²) in [7, 11) is 1.58. The highest BCUT2D eigenvalue weighted by Gasteiger charge is 2.28. The molecule has 9 heteroatoms. The average Bonchev–Trinajstić information content (AvgIpc) is 3.59. The second-order valence-electron chi connectivity index (χ2n) is 29.5. The lowest BCUT2D eigenvalue weighted by Gasteiger charge is -2.25. The summed E-state index contributed by atoms with van der Waals surface area (Å²) in [4.78, 5) is 23.5. The Morgan fingerprint density at radius 1 is 0.363 bits per heavy atom. The summed E-state index contributed by atoms with van der Waals surface area (Å²) in [6.07, 6.45) is 99.4. The van der Waals surface area contributed by atoms with Crippen LogP contribution in [0.25, 0.3) is 0 Å². The molecule has 0 aromatic rings. The SMILES string of the molecule is CCCCCCCCCC/C=C\CCCCCCCCCCCCCCCCCCCCCCCCCCCCCCCC(=O)NC(COP(=O)(O)OCC[N+](C)(C)C)C(O)/C=C/CC/C=C/CCCCCCCCCCCCCCCCCCCCCCCC. The maximum absolute atomic E-state index is 13.1. The minimum atomic E-state index is -4.36. The lowest BCUT2D eigenvalue weighted by molar-refractivity contribution is -0.870. The van der Waals surface area contributed by atoms with E-state index in [9.17, 15) is 19.4 Å². The minimum Gasteiger partial charge on any atom is -0.387 e. The van der Waals surface area contributed by atoms with Gasteiger partial charge in [-0.1, -0.05) is 403 Å². The Morgan fingerprint density at radius 2 is 0.604 bits per heavy atom. The zero-order valence-corrected chi connectivity index (χ0v) is 63.0. The van der Waals surface area contributed by atoms with E-state index in [1.54, 1.807) is 6.08 Å². The second-order valence-corrected chi connectivity index (χ2v) is 30.9. The normalized spacial score (nSPS) is 13.6. The summed E-state index contributed by atoms with van der Waals surface area (Å²) >= 11 is 0. The molecule has 0 aliphatic carbocycles. The first-order chi connectivity index (χ1) is 44.5. The Hall–Kier alpha value is -1.28. The zero-order valence-electron chi connectivity index (χ0n) is 62.1. The number of phosphoric acid groups is 1. The first kappa shape index (κ1) is 89.7. The number of quaternary nitrogens is 1. The molecule has 0 aliphatic rings. The van der Waals surface area contributed by atoms with Gasteiger partial charge in [0.2, 0.25) is 5.91 Å². The van der Waals surface area contributed by atoms with Crippen molar-refractivity contribution in [1.82, 2.24) is 5.32 Å². The third kappa shape index (κ3) is 76.0. The summed E-state index contributed by atoms with van der Waals surface area (Å²) in [6, 6.07) is -0.864. The van der Waals surface area contributed by atoms with Gasteiger partial charge in [0.05, 0.1) is 39.9 Å². The van der Waals surface area contributed by atoms with Gasteiger partial charge in [-0.15, -0.1) is 0 Å². The van der Waals surface area contributed by atoms with Gasteiger partial charge in [-0.05, 0) is 57.8 Å². The second kappa shape index (κ2) is 73.0. The Kier molecular flexibility index (Phi) is 72.0. The predicted molar refractivity (Wildman–Crippen MR) is 401 cm³/mol. The molecule has 3 N–H and O–H groups in total. The van der Waals surface area contributed by atoms with E-state index in [2.05, 4.69) is 43.5 Å². The average molecular weight is 1300 g/mol. The molecule has 0 saturated carbocycles. The summed E-state index contributed by atoms with van der Waals surface area (Å²) in [6.45, 7) is 4.86. The third-order valence-corrected chi connectivity index (χ3v) is 20.1. The fourth-order valence-electron chi connectivity index (χ4n) is 12.8. The molecule has 0 spiro atoms. The number of phosphoric ester groups is 1. The molecule has 0 bridgehead atoms. The highest BCUT2D eigenvalue weighted by molar-refractivity contribution is 7.47. The number of amides is 1. The smallest absolute Gasteiger partial charge is 0.387 e. The van der Waals surface area contributed by atoms with Crippen molar-refractivity contribution in [3.8, 4) is 0 Å².